The van der Waals surface area contributed by atoms with Crippen molar-refractivity contribution in [2.45, 2.75) is 0 Å². The van der Waals surface area contributed by atoms with E-state index in [2.05, 4.69) is 34.1 Å². The van der Waals surface area contributed by atoms with Crippen LogP contribution in [0.25, 0.3) is 0 Å². The number of hydrogen-bond acceptors (Lipinski definition) is 14. The summed E-state index contributed by atoms with van der Waals surface area (Å²) in [6.07, 6.45) is 0. The van der Waals surface area contributed by atoms with Crippen molar-refractivity contribution in [1.82, 2.24) is 0 Å². The van der Waals surface area contributed by atoms with E-state index >= 15 is 0 Å². The van der Waals surface area contributed by atoms with Gasteiger partial charge in [0.05, 0.1) is 79.3 Å². The SMILES string of the molecule is OCCOCCOc1ccc(N(c2ccc(OCCOCCO)cc2)c2ccc(N(c3ccc(OCCOCCO)cc3)c3ccc(OCCOCCO)cc3)cc2)cc1. The molecule has 322 valence electrons. The van der Waals surface area contributed by atoms with Crippen LogP contribution in [0, 0.1) is 0 Å². The minimum absolute atomic E-state index is 0.0324. The summed E-state index contributed by atoms with van der Waals surface area (Å²) in [5.41, 5.74) is 5.45. The summed E-state index contributed by atoms with van der Waals surface area (Å²) in [6, 6.07) is 39.6. The van der Waals surface area contributed by atoms with Gasteiger partial charge in [0.1, 0.15) is 49.4 Å². The number of nitrogens with zero attached hydrogens (tertiary/aromatic N) is 2. The minimum atomic E-state index is -0.0324. The second-order valence-electron chi connectivity index (χ2n) is 12.9. The van der Waals surface area contributed by atoms with Gasteiger partial charge in [-0.05, 0) is 121 Å². The molecule has 0 aliphatic carbocycles. The molecule has 5 rings (SSSR count). The molecule has 0 unspecified atom stereocenters. The van der Waals surface area contributed by atoms with Gasteiger partial charge < -0.3 is 68.1 Å². The summed E-state index contributed by atoms with van der Waals surface area (Å²) < 4.78 is 44.8. The van der Waals surface area contributed by atoms with Crippen LogP contribution in [-0.4, -0.2) is 126 Å². The molecule has 0 spiro atoms. The highest BCUT2D eigenvalue weighted by Gasteiger charge is 2.17. The molecule has 0 aliphatic rings. The molecule has 0 heterocycles. The Labute approximate surface area is 351 Å². The van der Waals surface area contributed by atoms with E-state index in [9.17, 15) is 0 Å². The van der Waals surface area contributed by atoms with Crippen molar-refractivity contribution in [1.29, 1.82) is 0 Å². The second-order valence-corrected chi connectivity index (χ2v) is 12.9. The highest BCUT2D eigenvalue weighted by molar-refractivity contribution is 5.81. The Balaban J connectivity index is 1.41. The fourth-order valence-corrected chi connectivity index (χ4v) is 5.95. The van der Waals surface area contributed by atoms with E-state index in [1.54, 1.807) is 0 Å². The Morgan fingerprint density at radius 3 is 0.617 bits per heavy atom. The van der Waals surface area contributed by atoms with Gasteiger partial charge in [-0.1, -0.05) is 0 Å². The van der Waals surface area contributed by atoms with Gasteiger partial charge in [0.2, 0.25) is 0 Å². The number of benzene rings is 5. The van der Waals surface area contributed by atoms with E-state index in [-0.39, 0.29) is 52.9 Å². The number of aliphatic hydroxyl groups excluding tert-OH is 4. The van der Waals surface area contributed by atoms with Gasteiger partial charge in [-0.3, -0.25) is 0 Å². The molecule has 0 amide bonds. The fraction of sp³-hybridized carbons (Fsp3) is 0.348. The second kappa shape index (κ2) is 26.6. The van der Waals surface area contributed by atoms with Crippen molar-refractivity contribution >= 4 is 34.1 Å². The highest BCUT2D eigenvalue weighted by atomic mass is 16.5. The first kappa shape index (κ1) is 45.7. The highest BCUT2D eigenvalue weighted by Crippen LogP contribution is 2.40. The number of anilines is 6. The molecule has 14 nitrogen and oxygen atoms in total. The van der Waals surface area contributed by atoms with Crippen LogP contribution >= 0.6 is 0 Å². The molecule has 0 atom stereocenters. The van der Waals surface area contributed by atoms with Gasteiger partial charge in [0, 0.05) is 34.1 Å². The zero-order valence-corrected chi connectivity index (χ0v) is 33.8. The van der Waals surface area contributed by atoms with E-state index in [0.29, 0.717) is 75.9 Å². The summed E-state index contributed by atoms with van der Waals surface area (Å²) in [5, 5.41) is 35.9. The first-order valence-electron chi connectivity index (χ1n) is 20.0. The monoisotopic (exact) mass is 828 g/mol. The van der Waals surface area contributed by atoms with Crippen molar-refractivity contribution in [3.8, 4) is 23.0 Å². The van der Waals surface area contributed by atoms with Crippen LogP contribution in [0.1, 0.15) is 0 Å². The third-order valence-electron chi connectivity index (χ3n) is 8.67. The van der Waals surface area contributed by atoms with Crippen LogP contribution < -0.4 is 28.7 Å². The Bertz CT molecular complexity index is 1610. The lowest BCUT2D eigenvalue weighted by atomic mass is 10.1. The molecule has 0 bridgehead atoms. The Morgan fingerprint density at radius 2 is 0.433 bits per heavy atom. The van der Waals surface area contributed by atoms with Crippen LogP contribution in [0.2, 0.25) is 0 Å². The van der Waals surface area contributed by atoms with E-state index in [0.717, 1.165) is 34.1 Å². The summed E-state index contributed by atoms with van der Waals surface area (Å²) in [7, 11) is 0. The maximum absolute atomic E-state index is 8.97. The summed E-state index contributed by atoms with van der Waals surface area (Å²) in [6.45, 7) is 3.88. The van der Waals surface area contributed by atoms with Crippen LogP contribution in [0.3, 0.4) is 0 Å². The molecule has 0 fully saturated rings. The molecule has 5 aromatic carbocycles. The van der Waals surface area contributed by atoms with E-state index in [4.69, 9.17) is 58.3 Å². The van der Waals surface area contributed by atoms with Gasteiger partial charge >= 0.3 is 0 Å². The summed E-state index contributed by atoms with van der Waals surface area (Å²) in [5.74, 6) is 2.79. The van der Waals surface area contributed by atoms with Crippen LogP contribution in [-0.2, 0) is 18.9 Å². The zero-order valence-electron chi connectivity index (χ0n) is 33.8. The molecule has 0 saturated carbocycles. The molecular formula is C46H56N2O12. The number of rotatable bonds is 30. The smallest absolute Gasteiger partial charge is 0.119 e. The molecule has 0 aliphatic heterocycles. The first-order chi connectivity index (χ1) is 29.6. The van der Waals surface area contributed by atoms with Gasteiger partial charge in [-0.25, -0.2) is 0 Å². The van der Waals surface area contributed by atoms with Crippen LogP contribution in [0.4, 0.5) is 34.1 Å². The average molecular weight is 829 g/mol. The molecule has 14 heteroatoms. The predicted octanol–water partition coefficient (Wildman–Crippen LogP) is 6.18. The van der Waals surface area contributed by atoms with Gasteiger partial charge in [0.15, 0.2) is 0 Å². The van der Waals surface area contributed by atoms with Crippen LogP contribution in [0.15, 0.2) is 121 Å². The molecule has 0 aromatic heterocycles. The molecule has 0 radical (unpaired) electrons. The minimum Gasteiger partial charge on any atom is -0.491 e. The molecular weight excluding hydrogens is 773 g/mol. The van der Waals surface area contributed by atoms with Crippen molar-refractivity contribution < 1.29 is 58.3 Å². The topological polar surface area (TPSA) is 161 Å². The third kappa shape index (κ3) is 15.0. The van der Waals surface area contributed by atoms with Gasteiger partial charge in [-0.15, -0.1) is 0 Å². The zero-order chi connectivity index (χ0) is 42.0. The summed E-state index contributed by atoms with van der Waals surface area (Å²) in [4.78, 5) is 4.28. The molecule has 4 N–H and O–H groups in total. The van der Waals surface area contributed by atoms with E-state index in [1.807, 2.05) is 97.1 Å². The normalized spacial score (nSPS) is 11.0. The maximum atomic E-state index is 8.97. The quantitative estimate of drug-likeness (QED) is 0.0389. The lowest BCUT2D eigenvalue weighted by Gasteiger charge is -2.28. The Morgan fingerprint density at radius 1 is 0.250 bits per heavy atom. The first-order valence-corrected chi connectivity index (χ1v) is 20.0. The van der Waals surface area contributed by atoms with Gasteiger partial charge in [-0.2, -0.15) is 0 Å². The maximum Gasteiger partial charge on any atom is 0.119 e. The summed E-state index contributed by atoms with van der Waals surface area (Å²) >= 11 is 0. The van der Waals surface area contributed by atoms with E-state index in [1.165, 1.54) is 0 Å². The average Bonchev–Trinajstić information content (AvgIpc) is 3.29. The Hall–Kier alpha value is -5.42. The van der Waals surface area contributed by atoms with Crippen molar-refractivity contribution in [3.05, 3.63) is 121 Å². The van der Waals surface area contributed by atoms with Crippen molar-refractivity contribution in [2.24, 2.45) is 0 Å². The van der Waals surface area contributed by atoms with Crippen molar-refractivity contribution in [3.63, 3.8) is 0 Å². The molecule has 60 heavy (non-hydrogen) atoms. The largest absolute Gasteiger partial charge is 0.491 e. The Kier molecular flexibility index (Phi) is 20.3. The standard InChI is InChI=1S/C46H56N2O12/c49-21-25-53-29-33-57-43-13-5-39(6-14-43)47(40-7-15-44(16-8-40)58-34-30-54-26-22-50)37-1-2-38(4-3-37)48(41-9-17-45(18-10-41)59-35-31-55-27-23-51)42-11-19-46(20-12-42)60-36-32-56-28-24-52/h1-20,49-52H,21-36H2. The number of ether oxygens (including phenoxy) is 8. The number of hydrogen-bond donors (Lipinski definition) is 4. The molecule has 0 saturated heterocycles. The van der Waals surface area contributed by atoms with Crippen molar-refractivity contribution in [2.75, 3.05) is 116 Å². The number of aliphatic hydroxyl groups is 4. The lowest BCUT2D eigenvalue weighted by molar-refractivity contribution is 0.0705. The molecule has 5 aromatic rings. The van der Waals surface area contributed by atoms with Gasteiger partial charge in [0.25, 0.3) is 0 Å². The lowest BCUT2D eigenvalue weighted by Crippen LogP contribution is -2.13. The predicted molar refractivity (Wildman–Crippen MR) is 229 cm³/mol. The van der Waals surface area contributed by atoms with Crippen LogP contribution in [0.5, 0.6) is 23.0 Å². The fourth-order valence-electron chi connectivity index (χ4n) is 5.95. The third-order valence-corrected chi connectivity index (χ3v) is 8.67. The van der Waals surface area contributed by atoms with E-state index < -0.39 is 0 Å².